The number of carbonyl (C=O) groups is 1. The largest absolute Gasteiger partial charge is 0.472 e. The molecule has 1 aliphatic heterocycles. The Kier molecular flexibility index (Phi) is 4.45. The van der Waals surface area contributed by atoms with E-state index < -0.39 is 23.0 Å². The molecule has 2 bridgehead atoms. The van der Waals surface area contributed by atoms with Gasteiger partial charge in [-0.25, -0.2) is 0 Å². The number of hydrogen-bond acceptors (Lipinski definition) is 5. The lowest BCUT2D eigenvalue weighted by molar-refractivity contribution is -0.233. The van der Waals surface area contributed by atoms with Gasteiger partial charge in [0.25, 0.3) is 0 Å². The number of cyclic esters (lactones) is 1. The molecule has 0 radical (unpaired) electrons. The fourth-order valence-corrected chi connectivity index (χ4v) is 6.22. The van der Waals surface area contributed by atoms with Crippen molar-refractivity contribution in [2.75, 3.05) is 6.61 Å². The Hall–Kier alpha value is -1.30. The van der Waals surface area contributed by atoms with Gasteiger partial charge in [-0.1, -0.05) is 18.5 Å². The number of aliphatic hydroxyl groups is 2. The van der Waals surface area contributed by atoms with Gasteiger partial charge in [0.15, 0.2) is 0 Å². The lowest BCUT2D eigenvalue weighted by atomic mass is 9.43. The summed E-state index contributed by atoms with van der Waals surface area (Å²) in [6.45, 7) is 2.16. The van der Waals surface area contributed by atoms with Crippen molar-refractivity contribution >= 4 is 17.6 Å². The molecule has 1 saturated heterocycles. The molecule has 5 nitrogen and oxygen atoms in total. The highest BCUT2D eigenvalue weighted by Crippen LogP contribution is 2.66. The van der Waals surface area contributed by atoms with Gasteiger partial charge in [0.2, 0.25) is 0 Å². The van der Waals surface area contributed by atoms with Crippen molar-refractivity contribution in [3.8, 4) is 0 Å². The van der Waals surface area contributed by atoms with Crippen LogP contribution in [0.5, 0.6) is 0 Å². The minimum absolute atomic E-state index is 0.0877. The van der Waals surface area contributed by atoms with E-state index in [2.05, 4.69) is 0 Å². The predicted octanol–water partition coefficient (Wildman–Crippen LogP) is 3.56. The summed E-state index contributed by atoms with van der Waals surface area (Å²) in [5.74, 6) is -0.439. The zero-order valence-corrected chi connectivity index (χ0v) is 15.6. The van der Waals surface area contributed by atoms with Gasteiger partial charge in [0, 0.05) is 11.1 Å². The van der Waals surface area contributed by atoms with Crippen molar-refractivity contribution < 1.29 is 24.2 Å². The topological polar surface area (TPSA) is 79.9 Å². The van der Waals surface area contributed by atoms with Crippen LogP contribution in [-0.4, -0.2) is 28.9 Å². The summed E-state index contributed by atoms with van der Waals surface area (Å²) in [5, 5.41) is 21.8. The van der Waals surface area contributed by atoms with E-state index in [1.807, 2.05) is 6.92 Å². The molecule has 2 saturated carbocycles. The number of hydrogen-bond donors (Lipinski definition) is 2. The highest BCUT2D eigenvalue weighted by Gasteiger charge is 2.69. The Balaban J connectivity index is 1.81. The summed E-state index contributed by atoms with van der Waals surface area (Å²) >= 11 is 6.14. The van der Waals surface area contributed by atoms with E-state index in [4.69, 9.17) is 20.8 Å². The lowest BCUT2D eigenvalue weighted by Crippen LogP contribution is -2.67. The molecule has 0 amide bonds. The number of rotatable bonds is 3. The van der Waals surface area contributed by atoms with Gasteiger partial charge in [0.05, 0.1) is 35.6 Å². The average molecular weight is 381 g/mol. The van der Waals surface area contributed by atoms with E-state index in [-0.39, 0.29) is 30.8 Å². The van der Waals surface area contributed by atoms with Crippen LogP contribution in [-0.2, 0) is 9.53 Å². The summed E-state index contributed by atoms with van der Waals surface area (Å²) in [6.07, 6.45) is 4.92. The van der Waals surface area contributed by atoms with Crippen LogP contribution in [0.1, 0.15) is 50.7 Å². The van der Waals surface area contributed by atoms with Crippen LogP contribution < -0.4 is 0 Å². The zero-order valence-electron chi connectivity index (χ0n) is 14.9. The van der Waals surface area contributed by atoms with Crippen molar-refractivity contribution in [3.63, 3.8) is 0 Å². The third kappa shape index (κ3) is 2.26. The Morgan fingerprint density at radius 2 is 2.31 bits per heavy atom. The summed E-state index contributed by atoms with van der Waals surface area (Å²) < 4.78 is 10.8. The number of halogens is 1. The van der Waals surface area contributed by atoms with Crippen LogP contribution >= 0.6 is 11.6 Å². The molecule has 0 unspecified atom stereocenters. The molecule has 3 aliphatic rings. The predicted molar refractivity (Wildman–Crippen MR) is 95.2 cm³/mol. The van der Waals surface area contributed by atoms with Crippen LogP contribution in [0.3, 0.4) is 0 Å². The SMILES string of the molecule is C[C@@H]1C[C@H](O)[C@]23COC(=O)[C@@]1(C[C@@H](O)c1ccoc1)[C@H]2CCC/C3=C\Cl. The standard InChI is InChI=1S/C20H25ClO5/c1-12-7-17(23)20-11-26-18(24)19(12,8-15(22)13-5-6-25-10-13)16(20)4-2-3-14(20)9-21/h5-6,9-10,12,15-17,22-23H,2-4,7-8,11H2,1H3/b14-9+/t12-,15-,16-,17+,19-,20+/m1/s1. The molecule has 26 heavy (non-hydrogen) atoms. The molecule has 1 aromatic rings. The molecular weight excluding hydrogens is 356 g/mol. The normalized spacial score (nSPS) is 42.2. The third-order valence-corrected chi connectivity index (χ3v) is 7.51. The smallest absolute Gasteiger partial charge is 0.312 e. The van der Waals surface area contributed by atoms with Gasteiger partial charge >= 0.3 is 5.97 Å². The van der Waals surface area contributed by atoms with E-state index in [0.29, 0.717) is 12.0 Å². The number of carbonyl (C=O) groups excluding carboxylic acids is 1. The first-order valence-corrected chi connectivity index (χ1v) is 9.75. The first-order valence-electron chi connectivity index (χ1n) is 9.32. The average Bonchev–Trinajstić information content (AvgIpc) is 3.17. The van der Waals surface area contributed by atoms with Crippen molar-refractivity contribution in [1.82, 2.24) is 0 Å². The third-order valence-electron chi connectivity index (χ3n) is 7.24. The maximum atomic E-state index is 13.1. The van der Waals surface area contributed by atoms with Gasteiger partial charge in [-0.3, -0.25) is 4.79 Å². The maximum absolute atomic E-state index is 13.1. The molecule has 6 atom stereocenters. The number of furan rings is 1. The molecule has 0 spiro atoms. The molecule has 3 fully saturated rings. The molecule has 2 heterocycles. The minimum atomic E-state index is -0.834. The van der Waals surface area contributed by atoms with Crippen LogP contribution in [0.15, 0.2) is 34.1 Å². The van der Waals surface area contributed by atoms with Crippen LogP contribution in [0.25, 0.3) is 0 Å². The van der Waals surface area contributed by atoms with E-state index in [0.717, 1.165) is 24.8 Å². The Morgan fingerprint density at radius 3 is 3.00 bits per heavy atom. The zero-order chi connectivity index (χ0) is 18.5. The van der Waals surface area contributed by atoms with E-state index in [9.17, 15) is 15.0 Å². The monoisotopic (exact) mass is 380 g/mol. The second-order valence-electron chi connectivity index (χ2n) is 8.17. The summed E-state index contributed by atoms with van der Waals surface area (Å²) in [7, 11) is 0. The minimum Gasteiger partial charge on any atom is -0.472 e. The highest BCUT2D eigenvalue weighted by atomic mass is 35.5. The second kappa shape index (κ2) is 6.39. The summed E-state index contributed by atoms with van der Waals surface area (Å²) in [6, 6.07) is 1.72. The van der Waals surface area contributed by atoms with Crippen molar-refractivity contribution in [2.24, 2.45) is 22.7 Å². The maximum Gasteiger partial charge on any atom is 0.312 e. The fourth-order valence-electron chi connectivity index (χ4n) is 5.91. The highest BCUT2D eigenvalue weighted by molar-refractivity contribution is 6.25. The van der Waals surface area contributed by atoms with E-state index in [1.165, 1.54) is 12.5 Å². The van der Waals surface area contributed by atoms with Gasteiger partial charge in [-0.15, -0.1) is 0 Å². The van der Waals surface area contributed by atoms with E-state index in [1.54, 1.807) is 11.6 Å². The van der Waals surface area contributed by atoms with Crippen molar-refractivity contribution in [3.05, 3.63) is 35.3 Å². The number of esters is 1. The first-order chi connectivity index (χ1) is 12.5. The Bertz CT molecular complexity index is 714. The molecular formula is C20H25ClO5. The molecule has 4 rings (SSSR count). The Labute approximate surface area is 158 Å². The van der Waals surface area contributed by atoms with Gasteiger partial charge in [0.1, 0.15) is 6.61 Å². The van der Waals surface area contributed by atoms with E-state index >= 15 is 0 Å². The second-order valence-corrected chi connectivity index (χ2v) is 8.38. The molecule has 142 valence electrons. The quantitative estimate of drug-likeness (QED) is 0.784. The van der Waals surface area contributed by atoms with Crippen molar-refractivity contribution in [2.45, 2.75) is 51.2 Å². The number of ether oxygens (including phenoxy) is 1. The van der Waals surface area contributed by atoms with Crippen LogP contribution in [0.4, 0.5) is 0 Å². The summed E-state index contributed by atoms with van der Waals surface area (Å²) in [5.41, 5.74) is 1.74. The molecule has 0 aromatic carbocycles. The fraction of sp³-hybridized carbons (Fsp3) is 0.650. The summed E-state index contributed by atoms with van der Waals surface area (Å²) in [4.78, 5) is 13.1. The van der Waals surface area contributed by atoms with Gasteiger partial charge < -0.3 is 19.4 Å². The van der Waals surface area contributed by atoms with Crippen molar-refractivity contribution in [1.29, 1.82) is 0 Å². The molecule has 2 aliphatic carbocycles. The van der Waals surface area contributed by atoms with Crippen LogP contribution in [0.2, 0.25) is 0 Å². The first kappa shape index (κ1) is 18.1. The molecule has 1 aromatic heterocycles. The Morgan fingerprint density at radius 1 is 1.50 bits per heavy atom. The molecule has 2 N–H and O–H groups in total. The molecule has 6 heteroatoms. The van der Waals surface area contributed by atoms with Gasteiger partial charge in [-0.2, -0.15) is 0 Å². The number of aliphatic hydroxyl groups excluding tert-OH is 2. The lowest BCUT2D eigenvalue weighted by Gasteiger charge is -2.63. The van der Waals surface area contributed by atoms with Gasteiger partial charge in [-0.05, 0) is 55.6 Å². The van der Waals surface area contributed by atoms with Crippen LogP contribution in [0, 0.1) is 22.7 Å².